The Balaban J connectivity index is 0. The molecule has 0 atom stereocenters. The summed E-state index contributed by atoms with van der Waals surface area (Å²) in [5.74, 6) is 0. The van der Waals surface area contributed by atoms with Crippen LogP contribution < -0.4 is 0 Å². The van der Waals surface area contributed by atoms with Gasteiger partial charge in [0.2, 0.25) is 0 Å². The Morgan fingerprint density at radius 1 is 0.577 bits per heavy atom. The molecule has 26 heavy (non-hydrogen) atoms. The maximum atomic E-state index is 2.38. The summed E-state index contributed by atoms with van der Waals surface area (Å²) in [6.07, 6.45) is 1.10. The SMILES string of the molecule is CC.CC.CC.CCN(CC)CC.c1ccc2c(c1)Cc1ccccc1-2. The molecule has 0 radical (unpaired) electrons. The minimum Gasteiger partial charge on any atom is -0.304 e. The molecular formula is C25H43N. The molecule has 0 N–H and O–H groups in total. The quantitative estimate of drug-likeness (QED) is 0.464. The average molecular weight is 358 g/mol. The molecule has 1 aliphatic rings. The molecule has 2 aromatic rings. The molecule has 1 heteroatoms. The zero-order valence-electron chi connectivity index (χ0n) is 18.9. The molecule has 1 aliphatic carbocycles. The Labute approximate surface area is 164 Å². The minimum absolute atomic E-state index is 1.10. The smallest absolute Gasteiger partial charge is 0.00135 e. The molecule has 0 unspecified atom stereocenters. The van der Waals surface area contributed by atoms with E-state index in [1.807, 2.05) is 41.5 Å². The van der Waals surface area contributed by atoms with Gasteiger partial charge in [0.1, 0.15) is 0 Å². The summed E-state index contributed by atoms with van der Waals surface area (Å²) in [6.45, 7) is 22.1. The van der Waals surface area contributed by atoms with Gasteiger partial charge in [0.05, 0.1) is 0 Å². The summed E-state index contributed by atoms with van der Waals surface area (Å²) in [5, 5.41) is 0. The molecule has 3 rings (SSSR count). The second-order valence-electron chi connectivity index (χ2n) is 5.11. The first-order chi connectivity index (χ1) is 12.8. The first kappa shape index (κ1) is 26.6. The van der Waals surface area contributed by atoms with Crippen LogP contribution in [0.5, 0.6) is 0 Å². The summed E-state index contributed by atoms with van der Waals surface area (Å²) >= 11 is 0. The maximum absolute atomic E-state index is 2.38. The number of hydrogen-bond donors (Lipinski definition) is 0. The van der Waals surface area contributed by atoms with Gasteiger partial charge in [0.15, 0.2) is 0 Å². The van der Waals surface area contributed by atoms with Gasteiger partial charge >= 0.3 is 0 Å². The fourth-order valence-corrected chi connectivity index (χ4v) is 2.75. The Morgan fingerprint density at radius 2 is 0.885 bits per heavy atom. The molecule has 0 bridgehead atoms. The summed E-state index contributed by atoms with van der Waals surface area (Å²) in [4.78, 5) is 2.38. The van der Waals surface area contributed by atoms with Crippen LogP contribution in [0.3, 0.4) is 0 Å². The summed E-state index contributed by atoms with van der Waals surface area (Å²) in [7, 11) is 0. The molecule has 0 aromatic heterocycles. The van der Waals surface area contributed by atoms with E-state index in [-0.39, 0.29) is 0 Å². The number of benzene rings is 2. The van der Waals surface area contributed by atoms with Crippen molar-refractivity contribution < 1.29 is 0 Å². The zero-order valence-corrected chi connectivity index (χ0v) is 18.9. The van der Waals surface area contributed by atoms with Crippen LogP contribution in [0.4, 0.5) is 0 Å². The first-order valence-electron chi connectivity index (χ1n) is 10.7. The van der Waals surface area contributed by atoms with E-state index >= 15 is 0 Å². The lowest BCUT2D eigenvalue weighted by Gasteiger charge is -2.13. The highest BCUT2D eigenvalue weighted by Crippen LogP contribution is 2.35. The van der Waals surface area contributed by atoms with E-state index in [0.29, 0.717) is 0 Å². The van der Waals surface area contributed by atoms with Crippen LogP contribution in [-0.4, -0.2) is 24.5 Å². The van der Waals surface area contributed by atoms with E-state index in [1.54, 1.807) is 0 Å². The molecule has 2 aromatic carbocycles. The van der Waals surface area contributed by atoms with Crippen LogP contribution in [0, 0.1) is 0 Å². The van der Waals surface area contributed by atoms with Crippen LogP contribution in [0.25, 0.3) is 11.1 Å². The molecule has 0 heterocycles. The molecule has 148 valence electrons. The Morgan fingerprint density at radius 3 is 1.15 bits per heavy atom. The monoisotopic (exact) mass is 357 g/mol. The minimum atomic E-state index is 1.10. The van der Waals surface area contributed by atoms with Crippen LogP contribution in [-0.2, 0) is 6.42 Å². The molecule has 0 saturated heterocycles. The summed E-state index contributed by atoms with van der Waals surface area (Å²) < 4.78 is 0. The van der Waals surface area contributed by atoms with Crippen molar-refractivity contribution in [3.63, 3.8) is 0 Å². The van der Waals surface area contributed by atoms with Crippen molar-refractivity contribution in [2.24, 2.45) is 0 Å². The molecule has 0 fully saturated rings. The highest BCUT2D eigenvalue weighted by atomic mass is 15.1. The van der Waals surface area contributed by atoms with E-state index in [0.717, 1.165) is 6.42 Å². The van der Waals surface area contributed by atoms with Crippen molar-refractivity contribution in [1.82, 2.24) is 4.90 Å². The molecule has 0 saturated carbocycles. The van der Waals surface area contributed by atoms with E-state index in [1.165, 1.54) is 41.9 Å². The predicted molar refractivity (Wildman–Crippen MR) is 122 cm³/mol. The van der Waals surface area contributed by atoms with E-state index in [4.69, 9.17) is 0 Å². The third-order valence-corrected chi connectivity index (χ3v) is 4.05. The fourth-order valence-electron chi connectivity index (χ4n) is 2.75. The zero-order chi connectivity index (χ0) is 20.4. The van der Waals surface area contributed by atoms with Gasteiger partial charge in [-0.2, -0.15) is 0 Å². The molecular weight excluding hydrogens is 314 g/mol. The van der Waals surface area contributed by atoms with Gasteiger partial charge in [0, 0.05) is 0 Å². The van der Waals surface area contributed by atoms with Gasteiger partial charge in [0.25, 0.3) is 0 Å². The fraction of sp³-hybridized carbons (Fsp3) is 0.520. The Kier molecular flexibility index (Phi) is 18.6. The van der Waals surface area contributed by atoms with Crippen molar-refractivity contribution >= 4 is 0 Å². The van der Waals surface area contributed by atoms with E-state index < -0.39 is 0 Å². The lowest BCUT2D eigenvalue weighted by molar-refractivity contribution is 0.321. The number of nitrogens with zero attached hydrogens (tertiary/aromatic N) is 1. The molecule has 0 spiro atoms. The lowest BCUT2D eigenvalue weighted by atomic mass is 10.1. The standard InChI is InChI=1S/C13H10.C6H15N.3C2H6/c1-3-7-12-10(5-1)9-11-6-2-4-8-13(11)12;1-4-7(5-2)6-3;3*1-2/h1-8H,9H2;4-6H2,1-3H3;3*1-2H3. The van der Waals surface area contributed by atoms with Crippen LogP contribution in [0.1, 0.15) is 73.4 Å². The normalized spacial score (nSPS) is 9.62. The lowest BCUT2D eigenvalue weighted by Crippen LogP contribution is -2.21. The van der Waals surface area contributed by atoms with E-state index in [2.05, 4.69) is 74.2 Å². The number of rotatable bonds is 3. The van der Waals surface area contributed by atoms with Crippen molar-refractivity contribution in [1.29, 1.82) is 0 Å². The predicted octanol–water partition coefficient (Wildman–Crippen LogP) is 7.68. The number of fused-ring (bicyclic) bond motifs is 3. The highest BCUT2D eigenvalue weighted by molar-refractivity contribution is 5.76. The van der Waals surface area contributed by atoms with Gasteiger partial charge in [-0.15, -0.1) is 0 Å². The average Bonchev–Trinajstić information content (AvgIpc) is 3.13. The van der Waals surface area contributed by atoms with Gasteiger partial charge in [-0.3, -0.25) is 0 Å². The van der Waals surface area contributed by atoms with Crippen molar-refractivity contribution in [2.75, 3.05) is 19.6 Å². The van der Waals surface area contributed by atoms with Gasteiger partial charge in [-0.05, 0) is 48.3 Å². The first-order valence-corrected chi connectivity index (χ1v) is 10.7. The molecule has 0 aliphatic heterocycles. The van der Waals surface area contributed by atoms with Crippen LogP contribution in [0.15, 0.2) is 48.5 Å². The summed E-state index contributed by atoms with van der Waals surface area (Å²) in [5.41, 5.74) is 5.75. The van der Waals surface area contributed by atoms with Crippen LogP contribution >= 0.6 is 0 Å². The Bertz CT molecular complexity index is 492. The van der Waals surface area contributed by atoms with E-state index in [9.17, 15) is 0 Å². The van der Waals surface area contributed by atoms with Crippen molar-refractivity contribution in [3.8, 4) is 11.1 Å². The second kappa shape index (κ2) is 18.2. The Hall–Kier alpha value is -1.60. The van der Waals surface area contributed by atoms with Crippen molar-refractivity contribution in [3.05, 3.63) is 59.7 Å². The third kappa shape index (κ3) is 8.67. The van der Waals surface area contributed by atoms with Crippen molar-refractivity contribution in [2.45, 2.75) is 68.7 Å². The van der Waals surface area contributed by atoms with Gasteiger partial charge in [-0.1, -0.05) is 111 Å². The second-order valence-corrected chi connectivity index (χ2v) is 5.11. The molecule has 0 amide bonds. The third-order valence-electron chi connectivity index (χ3n) is 4.05. The van der Waals surface area contributed by atoms with Crippen LogP contribution in [0.2, 0.25) is 0 Å². The highest BCUT2D eigenvalue weighted by Gasteiger charge is 2.15. The van der Waals surface area contributed by atoms with Gasteiger partial charge in [-0.25, -0.2) is 0 Å². The maximum Gasteiger partial charge on any atom is -0.00135 e. The number of hydrogen-bond acceptors (Lipinski definition) is 1. The largest absolute Gasteiger partial charge is 0.304 e. The molecule has 1 nitrogen and oxygen atoms in total. The van der Waals surface area contributed by atoms with Gasteiger partial charge < -0.3 is 4.90 Å². The topological polar surface area (TPSA) is 3.24 Å². The summed E-state index contributed by atoms with van der Waals surface area (Å²) in [6, 6.07) is 17.3.